The van der Waals surface area contributed by atoms with Crippen LogP contribution >= 0.6 is 0 Å². The molecule has 1 aromatic carbocycles. The summed E-state index contributed by atoms with van der Waals surface area (Å²) >= 11 is 0. The van der Waals surface area contributed by atoms with Crippen molar-refractivity contribution in [2.75, 3.05) is 51.6 Å². The molecule has 25 heavy (non-hydrogen) atoms. The lowest BCUT2D eigenvalue weighted by molar-refractivity contribution is -0.137. The third-order valence-corrected chi connectivity index (χ3v) is 4.25. The third kappa shape index (κ3) is 6.55. The predicted octanol–water partition coefficient (Wildman–Crippen LogP) is 2.71. The average molecular weight is 358 g/mol. The Labute approximate surface area is 146 Å². The summed E-state index contributed by atoms with van der Waals surface area (Å²) in [5, 5.41) is 5.31. The average Bonchev–Trinajstić information content (AvgIpc) is 2.55. The Hall–Kier alpha value is -1.80. The first-order valence-corrected chi connectivity index (χ1v) is 8.37. The van der Waals surface area contributed by atoms with Gasteiger partial charge in [-0.25, -0.2) is 4.79 Å². The number of urea groups is 1. The van der Waals surface area contributed by atoms with Gasteiger partial charge in [0, 0.05) is 45.0 Å². The zero-order chi connectivity index (χ0) is 18.4. The Morgan fingerprint density at radius 1 is 1.16 bits per heavy atom. The van der Waals surface area contributed by atoms with E-state index in [1.54, 1.807) is 0 Å². The van der Waals surface area contributed by atoms with Crippen LogP contribution in [0.1, 0.15) is 12.5 Å². The van der Waals surface area contributed by atoms with Gasteiger partial charge < -0.3 is 20.4 Å². The van der Waals surface area contributed by atoms with E-state index in [0.29, 0.717) is 18.2 Å². The highest BCUT2D eigenvalue weighted by Gasteiger charge is 2.30. The number of alkyl halides is 3. The lowest BCUT2D eigenvalue weighted by atomic mass is 10.1. The number of amides is 2. The molecule has 8 heteroatoms. The molecular weight excluding hydrogens is 333 g/mol. The zero-order valence-corrected chi connectivity index (χ0v) is 14.6. The molecule has 0 radical (unpaired) electrons. The molecule has 0 aromatic heterocycles. The van der Waals surface area contributed by atoms with Crippen LogP contribution in [0.25, 0.3) is 0 Å². The summed E-state index contributed by atoms with van der Waals surface area (Å²) in [6.45, 7) is 7.64. The number of nitrogens with one attached hydrogen (secondary N) is 2. The van der Waals surface area contributed by atoms with E-state index >= 15 is 0 Å². The number of hydrogen-bond acceptors (Lipinski definition) is 3. The van der Waals surface area contributed by atoms with Crippen molar-refractivity contribution in [3.8, 4) is 0 Å². The van der Waals surface area contributed by atoms with E-state index < -0.39 is 17.8 Å². The Morgan fingerprint density at radius 3 is 2.32 bits per heavy atom. The Morgan fingerprint density at radius 2 is 1.76 bits per heavy atom. The van der Waals surface area contributed by atoms with Gasteiger partial charge >= 0.3 is 12.2 Å². The minimum atomic E-state index is -4.38. The van der Waals surface area contributed by atoms with Crippen molar-refractivity contribution in [3.63, 3.8) is 0 Å². The molecule has 2 rings (SSSR count). The smallest absolute Gasteiger partial charge is 0.338 e. The van der Waals surface area contributed by atoms with E-state index in [0.717, 1.165) is 44.9 Å². The number of carbonyl (C=O) groups is 1. The van der Waals surface area contributed by atoms with Gasteiger partial charge in [0.1, 0.15) is 0 Å². The fraction of sp³-hybridized carbons (Fsp3) is 0.588. The summed E-state index contributed by atoms with van der Waals surface area (Å²) in [7, 11) is 2.11. The van der Waals surface area contributed by atoms with Crippen molar-refractivity contribution in [3.05, 3.63) is 29.8 Å². The summed E-state index contributed by atoms with van der Waals surface area (Å²) in [6.07, 6.45) is -4.38. The highest BCUT2D eigenvalue weighted by Crippen LogP contribution is 2.29. The van der Waals surface area contributed by atoms with E-state index in [1.165, 1.54) is 12.1 Å². The molecular formula is C17H25F3N4O. The number of rotatable bonds is 5. The second-order valence-corrected chi connectivity index (χ2v) is 6.62. The van der Waals surface area contributed by atoms with E-state index in [4.69, 9.17) is 0 Å². The molecule has 2 N–H and O–H groups in total. The molecule has 1 aliphatic rings. The quantitative estimate of drug-likeness (QED) is 0.851. The summed E-state index contributed by atoms with van der Waals surface area (Å²) in [5.41, 5.74) is -0.406. The van der Waals surface area contributed by atoms with Crippen LogP contribution in [0.5, 0.6) is 0 Å². The van der Waals surface area contributed by atoms with Crippen LogP contribution in [0, 0.1) is 5.92 Å². The molecule has 0 saturated carbocycles. The second-order valence-electron chi connectivity index (χ2n) is 6.62. The number of anilines is 1. The number of benzene rings is 1. The number of likely N-dealkylation sites (N-methyl/N-ethyl adjacent to an activating group) is 1. The van der Waals surface area contributed by atoms with Crippen molar-refractivity contribution in [1.82, 2.24) is 15.1 Å². The first-order valence-electron chi connectivity index (χ1n) is 8.37. The molecule has 2 amide bonds. The molecule has 1 saturated heterocycles. The molecule has 1 aliphatic heterocycles. The van der Waals surface area contributed by atoms with E-state index in [2.05, 4.69) is 34.4 Å². The maximum atomic E-state index is 12.5. The summed E-state index contributed by atoms with van der Waals surface area (Å²) < 4.78 is 37.5. The molecule has 5 nitrogen and oxygen atoms in total. The van der Waals surface area contributed by atoms with E-state index in [1.807, 2.05) is 0 Å². The highest BCUT2D eigenvalue weighted by molar-refractivity contribution is 5.89. The van der Waals surface area contributed by atoms with Gasteiger partial charge in [-0.15, -0.1) is 0 Å². The topological polar surface area (TPSA) is 47.6 Å². The number of nitrogens with zero attached hydrogens (tertiary/aromatic N) is 2. The van der Waals surface area contributed by atoms with Crippen LogP contribution < -0.4 is 10.6 Å². The Bertz CT molecular complexity index is 554. The minimum absolute atomic E-state index is 0.293. The maximum absolute atomic E-state index is 12.5. The molecule has 1 atom stereocenters. The summed E-state index contributed by atoms with van der Waals surface area (Å²) in [6, 6.07) is 3.98. The van der Waals surface area contributed by atoms with Gasteiger partial charge in [0.2, 0.25) is 0 Å². The summed E-state index contributed by atoms with van der Waals surface area (Å²) in [5.74, 6) is 0.293. The Kier molecular flexibility index (Phi) is 6.66. The molecule has 0 spiro atoms. The summed E-state index contributed by atoms with van der Waals surface area (Å²) in [4.78, 5) is 16.5. The predicted molar refractivity (Wildman–Crippen MR) is 91.6 cm³/mol. The number of halogens is 3. The molecule has 1 heterocycles. The first-order chi connectivity index (χ1) is 11.7. The molecule has 1 fully saturated rings. The Balaban J connectivity index is 1.71. The van der Waals surface area contributed by atoms with Crippen LogP contribution in [-0.4, -0.2) is 62.1 Å². The van der Waals surface area contributed by atoms with Crippen LogP contribution in [-0.2, 0) is 6.18 Å². The van der Waals surface area contributed by atoms with Crippen LogP contribution in [0.3, 0.4) is 0 Å². The maximum Gasteiger partial charge on any atom is 0.416 e. The normalized spacial score (nSPS) is 18.0. The molecule has 0 bridgehead atoms. The van der Waals surface area contributed by atoms with Gasteiger partial charge in [-0.05, 0) is 37.2 Å². The largest absolute Gasteiger partial charge is 0.416 e. The molecule has 1 aromatic rings. The molecule has 0 unspecified atom stereocenters. The van der Waals surface area contributed by atoms with Crippen molar-refractivity contribution in [1.29, 1.82) is 0 Å². The minimum Gasteiger partial charge on any atom is -0.338 e. The van der Waals surface area contributed by atoms with E-state index in [-0.39, 0.29) is 0 Å². The SMILES string of the molecule is C[C@@H](CNC(=O)Nc1ccc(C(F)(F)F)cc1)CN1CCN(C)CC1. The lowest BCUT2D eigenvalue weighted by Crippen LogP contribution is -2.47. The van der Waals surface area contributed by atoms with Crippen molar-refractivity contribution < 1.29 is 18.0 Å². The van der Waals surface area contributed by atoms with Gasteiger partial charge in [-0.3, -0.25) is 0 Å². The van der Waals surface area contributed by atoms with Crippen molar-refractivity contribution >= 4 is 11.7 Å². The van der Waals surface area contributed by atoms with E-state index in [9.17, 15) is 18.0 Å². The number of hydrogen-bond donors (Lipinski definition) is 2. The van der Waals surface area contributed by atoms with Crippen LogP contribution in [0.2, 0.25) is 0 Å². The van der Waals surface area contributed by atoms with Crippen molar-refractivity contribution in [2.45, 2.75) is 13.1 Å². The van der Waals surface area contributed by atoms with Gasteiger partial charge in [0.15, 0.2) is 0 Å². The first kappa shape index (κ1) is 19.5. The fourth-order valence-electron chi connectivity index (χ4n) is 2.72. The van der Waals surface area contributed by atoms with Crippen LogP contribution in [0.15, 0.2) is 24.3 Å². The lowest BCUT2D eigenvalue weighted by Gasteiger charge is -2.33. The number of piperazine rings is 1. The van der Waals surface area contributed by atoms with Gasteiger partial charge in [-0.2, -0.15) is 13.2 Å². The third-order valence-electron chi connectivity index (χ3n) is 4.25. The van der Waals surface area contributed by atoms with Gasteiger partial charge in [0.25, 0.3) is 0 Å². The second kappa shape index (κ2) is 8.53. The molecule has 0 aliphatic carbocycles. The highest BCUT2D eigenvalue weighted by atomic mass is 19.4. The monoisotopic (exact) mass is 358 g/mol. The zero-order valence-electron chi connectivity index (χ0n) is 14.6. The fourth-order valence-corrected chi connectivity index (χ4v) is 2.72. The van der Waals surface area contributed by atoms with Crippen molar-refractivity contribution in [2.24, 2.45) is 5.92 Å². The van der Waals surface area contributed by atoms with Gasteiger partial charge in [-0.1, -0.05) is 6.92 Å². The van der Waals surface area contributed by atoms with Crippen LogP contribution in [0.4, 0.5) is 23.7 Å². The van der Waals surface area contributed by atoms with Gasteiger partial charge in [0.05, 0.1) is 5.56 Å². The molecule has 140 valence electrons. The number of carbonyl (C=O) groups excluding carboxylic acids is 1. The standard InChI is InChI=1S/C17H25F3N4O/c1-13(12-24-9-7-23(2)8-10-24)11-21-16(25)22-15-5-3-14(4-6-15)17(18,19)20/h3-6,13H,7-12H2,1-2H3,(H2,21,22,25)/t13-/m0/s1.